The third kappa shape index (κ3) is 5.06. The van der Waals surface area contributed by atoms with Gasteiger partial charge >= 0.3 is 0 Å². The van der Waals surface area contributed by atoms with Gasteiger partial charge in [0.1, 0.15) is 11.5 Å². The number of rotatable bonds is 7. The first-order valence-corrected chi connectivity index (χ1v) is 7.31. The van der Waals surface area contributed by atoms with Crippen LogP contribution in [0.5, 0.6) is 11.5 Å². The van der Waals surface area contributed by atoms with Gasteiger partial charge in [0.2, 0.25) is 0 Å². The number of phenolic OH excluding ortho intramolecular Hbond substituents is 2. The van der Waals surface area contributed by atoms with E-state index in [0.29, 0.717) is 25.0 Å². The first-order valence-electron chi connectivity index (χ1n) is 7.31. The highest BCUT2D eigenvalue weighted by molar-refractivity contribution is 5.38. The van der Waals surface area contributed by atoms with Crippen LogP contribution in [0.2, 0.25) is 0 Å². The molecule has 2 aromatic rings. The van der Waals surface area contributed by atoms with Crippen LogP contribution in [0.3, 0.4) is 0 Å². The highest BCUT2D eigenvalue weighted by Gasteiger charge is 2.21. The lowest BCUT2D eigenvalue weighted by atomic mass is 9.97. The second-order valence-electron chi connectivity index (χ2n) is 5.79. The summed E-state index contributed by atoms with van der Waals surface area (Å²) in [6.45, 7) is 2.37. The molecule has 0 saturated heterocycles. The van der Waals surface area contributed by atoms with Crippen molar-refractivity contribution >= 4 is 0 Å². The second-order valence-corrected chi connectivity index (χ2v) is 5.79. The number of ether oxygens (including phenoxy) is 1. The summed E-state index contributed by atoms with van der Waals surface area (Å²) in [5, 5.41) is 29.5. The summed E-state index contributed by atoms with van der Waals surface area (Å²) in [4.78, 5) is 0. The lowest BCUT2D eigenvalue weighted by molar-refractivity contribution is -0.0441. The molecule has 0 aliphatic rings. The van der Waals surface area contributed by atoms with Crippen LogP contribution < -0.4 is 0 Å². The number of aliphatic hydroxyl groups is 1. The van der Waals surface area contributed by atoms with Gasteiger partial charge in [0.05, 0.1) is 18.8 Å². The van der Waals surface area contributed by atoms with Crippen molar-refractivity contribution in [1.29, 1.82) is 0 Å². The number of hydrogen-bond acceptors (Lipinski definition) is 4. The van der Waals surface area contributed by atoms with Crippen molar-refractivity contribution in [2.45, 2.75) is 32.0 Å². The van der Waals surface area contributed by atoms with E-state index < -0.39 is 5.60 Å². The van der Waals surface area contributed by atoms with Gasteiger partial charge in [-0.2, -0.15) is 0 Å². The van der Waals surface area contributed by atoms with Gasteiger partial charge in [0.25, 0.3) is 0 Å². The van der Waals surface area contributed by atoms with Gasteiger partial charge in [0, 0.05) is 0 Å². The van der Waals surface area contributed by atoms with Crippen molar-refractivity contribution in [2.75, 3.05) is 6.61 Å². The first-order chi connectivity index (χ1) is 10.5. The van der Waals surface area contributed by atoms with Gasteiger partial charge in [0.15, 0.2) is 0 Å². The Hall–Kier alpha value is -2.04. The summed E-state index contributed by atoms with van der Waals surface area (Å²) in [6.07, 6.45) is 0.890. The van der Waals surface area contributed by atoms with Crippen LogP contribution in [-0.2, 0) is 17.8 Å². The zero-order chi connectivity index (χ0) is 16.0. The largest absolute Gasteiger partial charge is 0.508 e. The van der Waals surface area contributed by atoms with Crippen LogP contribution in [0.25, 0.3) is 0 Å². The molecule has 0 spiro atoms. The molecule has 118 valence electrons. The quantitative estimate of drug-likeness (QED) is 0.688. The molecule has 0 heterocycles. The first kappa shape index (κ1) is 16.3. The minimum Gasteiger partial charge on any atom is -0.508 e. The molecule has 2 rings (SSSR count). The Morgan fingerprint density at radius 1 is 1.05 bits per heavy atom. The van der Waals surface area contributed by atoms with Gasteiger partial charge < -0.3 is 20.1 Å². The molecule has 4 heteroatoms. The molecule has 0 radical (unpaired) electrons. The molecular formula is C18H22O4. The Morgan fingerprint density at radius 3 is 2.50 bits per heavy atom. The highest BCUT2D eigenvalue weighted by Crippen LogP contribution is 2.25. The Kier molecular flexibility index (Phi) is 5.41. The van der Waals surface area contributed by atoms with E-state index in [1.807, 2.05) is 30.3 Å². The molecule has 1 atom stereocenters. The molecule has 22 heavy (non-hydrogen) atoms. The zero-order valence-corrected chi connectivity index (χ0v) is 12.7. The number of hydrogen-bond donors (Lipinski definition) is 3. The minimum atomic E-state index is -0.993. The summed E-state index contributed by atoms with van der Waals surface area (Å²) < 4.78 is 5.56. The minimum absolute atomic E-state index is 0.104. The average Bonchev–Trinajstić information content (AvgIpc) is 2.49. The average molecular weight is 302 g/mol. The van der Waals surface area contributed by atoms with Crippen molar-refractivity contribution in [1.82, 2.24) is 0 Å². The summed E-state index contributed by atoms with van der Waals surface area (Å²) in [5.41, 5.74) is 0.680. The summed E-state index contributed by atoms with van der Waals surface area (Å²) in [7, 11) is 0. The van der Waals surface area contributed by atoms with Crippen molar-refractivity contribution in [3.05, 3.63) is 59.7 Å². The van der Waals surface area contributed by atoms with Gasteiger partial charge in [-0.25, -0.2) is 0 Å². The zero-order valence-electron chi connectivity index (χ0n) is 12.7. The third-order valence-electron chi connectivity index (χ3n) is 3.52. The van der Waals surface area contributed by atoms with Crippen LogP contribution in [0.15, 0.2) is 48.5 Å². The number of benzene rings is 2. The Labute approximate surface area is 130 Å². The second kappa shape index (κ2) is 7.29. The predicted molar refractivity (Wildman–Crippen MR) is 84.8 cm³/mol. The van der Waals surface area contributed by atoms with Gasteiger partial charge in [-0.15, -0.1) is 0 Å². The maximum Gasteiger partial charge on any atom is 0.119 e. The van der Waals surface area contributed by atoms with E-state index in [2.05, 4.69) is 0 Å². The number of aryl methyl sites for hydroxylation is 1. The van der Waals surface area contributed by atoms with Crippen LogP contribution in [-0.4, -0.2) is 27.5 Å². The molecule has 0 saturated carbocycles. The van der Waals surface area contributed by atoms with E-state index in [1.54, 1.807) is 6.92 Å². The van der Waals surface area contributed by atoms with Crippen LogP contribution in [0.4, 0.5) is 0 Å². The molecule has 0 unspecified atom stereocenters. The van der Waals surface area contributed by atoms with E-state index in [1.165, 1.54) is 18.2 Å². The summed E-state index contributed by atoms with van der Waals surface area (Å²) >= 11 is 0. The Bertz CT molecular complexity index is 593. The van der Waals surface area contributed by atoms with Crippen molar-refractivity contribution in [3.8, 4) is 11.5 Å². The van der Waals surface area contributed by atoms with E-state index >= 15 is 0 Å². The molecule has 0 aliphatic heterocycles. The monoisotopic (exact) mass is 302 g/mol. The van der Waals surface area contributed by atoms with E-state index in [9.17, 15) is 15.3 Å². The highest BCUT2D eigenvalue weighted by atomic mass is 16.5. The van der Waals surface area contributed by atoms with Crippen LogP contribution in [0, 0.1) is 0 Å². The number of phenols is 2. The van der Waals surface area contributed by atoms with Gasteiger partial charge in [-0.05, 0) is 49.1 Å². The predicted octanol–water partition coefficient (Wildman–Crippen LogP) is 3.00. The fraction of sp³-hybridized carbons (Fsp3) is 0.333. The van der Waals surface area contributed by atoms with E-state index in [-0.39, 0.29) is 18.1 Å². The number of aromatic hydroxyl groups is 2. The van der Waals surface area contributed by atoms with Crippen molar-refractivity contribution in [2.24, 2.45) is 0 Å². The standard InChI is InChI=1S/C18H22O4/c1-18(21,13-22-12-14-5-3-2-4-6-14)10-9-15-11-16(19)7-8-17(15)20/h2-8,11,19-21H,9-10,12-13H2,1H3/t18-/m1/s1. The van der Waals surface area contributed by atoms with Gasteiger partial charge in [-0.1, -0.05) is 30.3 Å². The molecule has 0 fully saturated rings. The molecule has 0 amide bonds. The van der Waals surface area contributed by atoms with Crippen LogP contribution in [0.1, 0.15) is 24.5 Å². The van der Waals surface area contributed by atoms with E-state index in [0.717, 1.165) is 5.56 Å². The lowest BCUT2D eigenvalue weighted by Gasteiger charge is -2.23. The Balaban J connectivity index is 1.82. The fourth-order valence-corrected chi connectivity index (χ4v) is 2.21. The summed E-state index contributed by atoms with van der Waals surface area (Å²) in [5.74, 6) is 0.228. The van der Waals surface area contributed by atoms with Gasteiger partial charge in [-0.3, -0.25) is 0 Å². The van der Waals surface area contributed by atoms with Crippen LogP contribution >= 0.6 is 0 Å². The third-order valence-corrected chi connectivity index (χ3v) is 3.52. The molecule has 0 bridgehead atoms. The molecule has 3 N–H and O–H groups in total. The maximum absolute atomic E-state index is 10.3. The smallest absolute Gasteiger partial charge is 0.119 e. The van der Waals surface area contributed by atoms with Crippen molar-refractivity contribution < 1.29 is 20.1 Å². The molecule has 2 aromatic carbocycles. The molecule has 4 nitrogen and oxygen atoms in total. The van der Waals surface area contributed by atoms with Crippen molar-refractivity contribution in [3.63, 3.8) is 0 Å². The molecular weight excluding hydrogens is 280 g/mol. The Morgan fingerprint density at radius 2 is 1.77 bits per heavy atom. The molecule has 0 aliphatic carbocycles. The lowest BCUT2D eigenvalue weighted by Crippen LogP contribution is -2.31. The SMILES string of the molecule is C[C@@](O)(CCc1cc(O)ccc1O)COCc1ccccc1. The summed E-state index contributed by atoms with van der Waals surface area (Å²) in [6, 6.07) is 14.2. The maximum atomic E-state index is 10.3. The fourth-order valence-electron chi connectivity index (χ4n) is 2.21. The normalized spacial score (nSPS) is 13.7. The van der Waals surface area contributed by atoms with E-state index in [4.69, 9.17) is 4.74 Å². The topological polar surface area (TPSA) is 69.9 Å². The molecule has 0 aromatic heterocycles.